The Labute approximate surface area is 121 Å². The minimum Gasteiger partial charge on any atom is -0.358 e. The number of amides is 1. The van der Waals surface area contributed by atoms with Crippen LogP contribution in [0.2, 0.25) is 0 Å². The summed E-state index contributed by atoms with van der Waals surface area (Å²) in [4.78, 5) is 11.5. The molecule has 104 valence electrons. The Bertz CT molecular complexity index is 544. The number of benzene rings is 2. The van der Waals surface area contributed by atoms with E-state index >= 15 is 0 Å². The van der Waals surface area contributed by atoms with Gasteiger partial charge in [0.15, 0.2) is 0 Å². The summed E-state index contributed by atoms with van der Waals surface area (Å²) < 4.78 is 12.6. The van der Waals surface area contributed by atoms with Gasteiger partial charge >= 0.3 is 0 Å². The third-order valence-electron chi connectivity index (χ3n) is 3.02. The van der Waals surface area contributed by atoms with Crippen molar-refractivity contribution in [2.24, 2.45) is 0 Å². The fraction of sp³-hybridized carbons (Fsp3) is 0.188. The zero-order valence-electron chi connectivity index (χ0n) is 11.3. The summed E-state index contributed by atoms with van der Waals surface area (Å²) in [6.45, 7) is 0. The monoisotopic (exact) mass is 287 g/mol. The van der Waals surface area contributed by atoms with Gasteiger partial charge in [-0.2, -0.15) is 0 Å². The summed E-state index contributed by atoms with van der Waals surface area (Å²) in [5, 5.41) is 2.24. The maximum Gasteiger partial charge on any atom is 0.232 e. The van der Waals surface area contributed by atoms with E-state index in [2.05, 4.69) is 5.32 Å². The molecule has 0 unspecified atom stereocenters. The lowest BCUT2D eigenvalue weighted by molar-refractivity contribution is -0.118. The molecule has 0 saturated carbocycles. The van der Waals surface area contributed by atoms with Crippen LogP contribution in [0.5, 0.6) is 0 Å². The molecule has 2 aromatic rings. The molecule has 1 amide bonds. The van der Waals surface area contributed by atoms with Crippen molar-refractivity contribution in [1.29, 1.82) is 0 Å². The SMILES string of the molecule is CNC(=O)C[S@](=O)C(c1ccccc1)c1ccccc1. The van der Waals surface area contributed by atoms with Crippen LogP contribution >= 0.6 is 0 Å². The maximum absolute atomic E-state index is 12.6. The Hall–Kier alpha value is -1.94. The van der Waals surface area contributed by atoms with Gasteiger partial charge in [-0.15, -0.1) is 0 Å². The molecule has 0 aliphatic heterocycles. The minimum absolute atomic E-state index is 0.00492. The Morgan fingerprint density at radius 2 is 1.45 bits per heavy atom. The quantitative estimate of drug-likeness (QED) is 0.917. The van der Waals surface area contributed by atoms with Gasteiger partial charge in [0.25, 0.3) is 0 Å². The molecule has 0 fully saturated rings. The van der Waals surface area contributed by atoms with E-state index in [0.29, 0.717) is 0 Å². The molecule has 1 atom stereocenters. The highest BCUT2D eigenvalue weighted by Gasteiger charge is 2.22. The van der Waals surface area contributed by atoms with E-state index in [-0.39, 0.29) is 16.9 Å². The van der Waals surface area contributed by atoms with Crippen LogP contribution in [0.15, 0.2) is 60.7 Å². The summed E-state index contributed by atoms with van der Waals surface area (Å²) >= 11 is 0. The summed E-state index contributed by atoms with van der Waals surface area (Å²) in [5.74, 6) is -0.203. The minimum atomic E-state index is -1.30. The molecule has 4 heteroatoms. The van der Waals surface area contributed by atoms with Crippen molar-refractivity contribution >= 4 is 16.7 Å². The van der Waals surface area contributed by atoms with E-state index in [4.69, 9.17) is 0 Å². The molecule has 0 aliphatic carbocycles. The predicted octanol–water partition coefficient (Wildman–Crippen LogP) is 2.27. The first-order valence-electron chi connectivity index (χ1n) is 6.40. The van der Waals surface area contributed by atoms with Crippen molar-refractivity contribution in [2.45, 2.75) is 5.25 Å². The first kappa shape index (κ1) is 14.5. The highest BCUT2D eigenvalue weighted by Crippen LogP contribution is 2.28. The molecule has 0 spiro atoms. The fourth-order valence-corrected chi connectivity index (χ4v) is 3.53. The van der Waals surface area contributed by atoms with Crippen LogP contribution in [-0.4, -0.2) is 22.9 Å². The highest BCUT2D eigenvalue weighted by atomic mass is 32.2. The van der Waals surface area contributed by atoms with Crippen LogP contribution in [0, 0.1) is 0 Å². The molecular formula is C16H17NO2S. The zero-order chi connectivity index (χ0) is 14.4. The van der Waals surface area contributed by atoms with E-state index in [1.165, 1.54) is 0 Å². The molecule has 20 heavy (non-hydrogen) atoms. The van der Waals surface area contributed by atoms with Gasteiger partial charge in [0.2, 0.25) is 5.91 Å². The van der Waals surface area contributed by atoms with E-state index in [1.54, 1.807) is 7.05 Å². The smallest absolute Gasteiger partial charge is 0.232 e. The van der Waals surface area contributed by atoms with Gasteiger partial charge in [-0.05, 0) is 11.1 Å². The number of carbonyl (C=O) groups excluding carboxylic acids is 1. The fourth-order valence-electron chi connectivity index (χ4n) is 2.04. The highest BCUT2D eigenvalue weighted by molar-refractivity contribution is 7.86. The molecule has 3 nitrogen and oxygen atoms in total. The Balaban J connectivity index is 2.35. The topological polar surface area (TPSA) is 46.2 Å². The maximum atomic E-state index is 12.6. The van der Waals surface area contributed by atoms with Crippen LogP contribution in [0.3, 0.4) is 0 Å². The van der Waals surface area contributed by atoms with Gasteiger partial charge in [0.05, 0.1) is 5.25 Å². The van der Waals surface area contributed by atoms with Crippen molar-refractivity contribution in [2.75, 3.05) is 12.8 Å². The average molecular weight is 287 g/mol. The molecule has 0 radical (unpaired) electrons. The Morgan fingerprint density at radius 3 is 1.85 bits per heavy atom. The predicted molar refractivity (Wildman–Crippen MR) is 81.8 cm³/mol. The third kappa shape index (κ3) is 3.54. The molecule has 2 aromatic carbocycles. The zero-order valence-corrected chi connectivity index (χ0v) is 12.1. The van der Waals surface area contributed by atoms with Gasteiger partial charge in [-0.1, -0.05) is 60.7 Å². The van der Waals surface area contributed by atoms with Crippen molar-refractivity contribution < 1.29 is 9.00 Å². The van der Waals surface area contributed by atoms with Crippen molar-refractivity contribution in [3.8, 4) is 0 Å². The number of rotatable bonds is 5. The normalized spacial score (nSPS) is 12.1. The summed E-state index contributed by atoms with van der Waals surface area (Å²) in [5.41, 5.74) is 1.92. The van der Waals surface area contributed by atoms with Crippen LogP contribution in [0.4, 0.5) is 0 Å². The molecule has 1 N–H and O–H groups in total. The molecular weight excluding hydrogens is 270 g/mol. The van der Waals surface area contributed by atoms with E-state index in [9.17, 15) is 9.00 Å². The van der Waals surface area contributed by atoms with E-state index in [1.807, 2.05) is 60.7 Å². The van der Waals surface area contributed by atoms with E-state index in [0.717, 1.165) is 11.1 Å². The summed E-state index contributed by atoms with van der Waals surface area (Å²) in [7, 11) is 0.253. The van der Waals surface area contributed by atoms with E-state index < -0.39 is 10.8 Å². The van der Waals surface area contributed by atoms with Crippen molar-refractivity contribution in [1.82, 2.24) is 5.32 Å². The van der Waals surface area contributed by atoms with Gasteiger partial charge in [-0.3, -0.25) is 9.00 Å². The molecule has 0 bridgehead atoms. The van der Waals surface area contributed by atoms with Gasteiger partial charge < -0.3 is 5.32 Å². The number of hydrogen-bond donors (Lipinski definition) is 1. The second-order valence-electron chi connectivity index (χ2n) is 4.40. The first-order chi connectivity index (χ1) is 9.72. The van der Waals surface area contributed by atoms with Crippen LogP contribution in [-0.2, 0) is 15.6 Å². The lowest BCUT2D eigenvalue weighted by Crippen LogP contribution is -2.26. The summed E-state index contributed by atoms with van der Waals surface area (Å²) in [6, 6.07) is 19.3. The Kier molecular flexibility index (Phi) is 5.07. The second-order valence-corrected chi connectivity index (χ2v) is 5.92. The molecule has 0 heterocycles. The van der Waals surface area contributed by atoms with Crippen molar-refractivity contribution in [3.63, 3.8) is 0 Å². The molecule has 0 aromatic heterocycles. The van der Waals surface area contributed by atoms with Crippen LogP contribution in [0.1, 0.15) is 16.4 Å². The average Bonchev–Trinajstić information content (AvgIpc) is 2.49. The Morgan fingerprint density at radius 1 is 1.00 bits per heavy atom. The van der Waals surface area contributed by atoms with Gasteiger partial charge in [0.1, 0.15) is 5.75 Å². The largest absolute Gasteiger partial charge is 0.358 e. The standard InChI is InChI=1S/C16H17NO2S/c1-17-15(18)12-20(19)16(13-8-4-2-5-9-13)14-10-6-3-7-11-14/h2-11,16H,12H2,1H3,(H,17,18)/t20-/m0/s1. The third-order valence-corrected chi connectivity index (χ3v) is 4.64. The molecule has 2 rings (SSSR count). The second kappa shape index (κ2) is 7.01. The number of hydrogen-bond acceptors (Lipinski definition) is 2. The van der Waals surface area contributed by atoms with Gasteiger partial charge in [0, 0.05) is 17.8 Å². The van der Waals surface area contributed by atoms with Crippen LogP contribution in [0.25, 0.3) is 0 Å². The van der Waals surface area contributed by atoms with Gasteiger partial charge in [-0.25, -0.2) is 0 Å². The number of nitrogens with one attached hydrogen (secondary N) is 1. The molecule has 0 aliphatic rings. The lowest BCUT2D eigenvalue weighted by Gasteiger charge is -2.17. The lowest BCUT2D eigenvalue weighted by atomic mass is 10.0. The first-order valence-corrected chi connectivity index (χ1v) is 7.78. The van der Waals surface area contributed by atoms with Crippen LogP contribution < -0.4 is 5.32 Å². The van der Waals surface area contributed by atoms with Crippen molar-refractivity contribution in [3.05, 3.63) is 71.8 Å². The number of carbonyl (C=O) groups is 1. The summed E-state index contributed by atoms with van der Waals surface area (Å²) in [6.07, 6.45) is 0. The molecule has 0 saturated heterocycles.